The molecule has 2 amide bonds. The minimum absolute atomic E-state index is 0.0179. The zero-order valence-electron chi connectivity index (χ0n) is 14.5. The highest BCUT2D eigenvalue weighted by Gasteiger charge is 2.38. The predicted octanol–water partition coefficient (Wildman–Crippen LogP) is 2.27. The molecule has 0 spiro atoms. The summed E-state index contributed by atoms with van der Waals surface area (Å²) in [5.41, 5.74) is 2.79. The molecular weight excluding hydrogens is 316 g/mol. The molecule has 0 bridgehead atoms. The third-order valence-electron chi connectivity index (χ3n) is 6.05. The van der Waals surface area contributed by atoms with Crippen LogP contribution in [0.1, 0.15) is 49.7 Å². The fourth-order valence-electron chi connectivity index (χ4n) is 4.78. The highest BCUT2D eigenvalue weighted by atomic mass is 16.3. The number of nitrogens with zero attached hydrogens (tertiary/aromatic N) is 1. The Morgan fingerprint density at radius 2 is 2.04 bits per heavy atom. The van der Waals surface area contributed by atoms with Crippen LogP contribution >= 0.6 is 0 Å². The Labute approximate surface area is 148 Å². The van der Waals surface area contributed by atoms with Gasteiger partial charge in [-0.15, -0.1) is 0 Å². The minimum atomic E-state index is -0.262. The average molecular weight is 342 g/mol. The molecule has 5 nitrogen and oxygen atoms in total. The second kappa shape index (κ2) is 6.79. The first-order valence-corrected chi connectivity index (χ1v) is 9.51. The summed E-state index contributed by atoms with van der Waals surface area (Å²) in [4.78, 5) is 26.4. The van der Waals surface area contributed by atoms with E-state index in [0.717, 1.165) is 61.9 Å². The molecule has 1 saturated carbocycles. The number of aliphatic hydroxyl groups excluding tert-OH is 1. The van der Waals surface area contributed by atoms with E-state index in [1.165, 1.54) is 0 Å². The molecule has 5 heteroatoms. The van der Waals surface area contributed by atoms with Gasteiger partial charge >= 0.3 is 0 Å². The first-order chi connectivity index (χ1) is 12.1. The van der Waals surface area contributed by atoms with Gasteiger partial charge in [0.05, 0.1) is 18.9 Å². The van der Waals surface area contributed by atoms with E-state index in [0.29, 0.717) is 12.8 Å². The summed E-state index contributed by atoms with van der Waals surface area (Å²) >= 11 is 0. The molecule has 1 aromatic carbocycles. The lowest BCUT2D eigenvalue weighted by molar-refractivity contribution is -0.133. The summed E-state index contributed by atoms with van der Waals surface area (Å²) in [6.07, 6.45) is 6.72. The second-order valence-electron chi connectivity index (χ2n) is 7.71. The molecular formula is C20H26N2O3. The third kappa shape index (κ3) is 3.30. The van der Waals surface area contributed by atoms with Crippen LogP contribution in [0.4, 0.5) is 5.69 Å². The number of fused-ring (bicyclic) bond motifs is 1. The van der Waals surface area contributed by atoms with E-state index in [2.05, 4.69) is 5.32 Å². The monoisotopic (exact) mass is 342 g/mol. The van der Waals surface area contributed by atoms with Crippen molar-refractivity contribution >= 4 is 17.5 Å². The van der Waals surface area contributed by atoms with E-state index in [9.17, 15) is 14.7 Å². The SMILES string of the molecule is O=C1Cc2ccc(CC(=O)N3CCC[C@@H]3[C@@H]3CCCC[C@@H]3O)cc2N1. The standard InChI is InChI=1S/C20H26N2O3/c23-18-6-2-1-4-15(18)17-5-3-9-22(17)20(25)11-13-7-8-14-12-19(24)21-16(14)10-13/h7-8,10,15,17-18,23H,1-6,9,11-12H2,(H,21,24)/t15-,17+,18-/m0/s1. The fourth-order valence-corrected chi connectivity index (χ4v) is 4.78. The number of likely N-dealkylation sites (tertiary alicyclic amines) is 1. The van der Waals surface area contributed by atoms with Crippen molar-refractivity contribution in [3.05, 3.63) is 29.3 Å². The molecule has 3 atom stereocenters. The van der Waals surface area contributed by atoms with E-state index in [1.807, 2.05) is 23.1 Å². The molecule has 0 radical (unpaired) electrons. The van der Waals surface area contributed by atoms with E-state index < -0.39 is 0 Å². The largest absolute Gasteiger partial charge is 0.393 e. The van der Waals surface area contributed by atoms with Gasteiger partial charge in [0.1, 0.15) is 0 Å². The molecule has 134 valence electrons. The highest BCUT2D eigenvalue weighted by molar-refractivity contribution is 5.99. The highest BCUT2D eigenvalue weighted by Crippen LogP contribution is 2.35. The molecule has 1 aliphatic carbocycles. The summed E-state index contributed by atoms with van der Waals surface area (Å²) in [7, 11) is 0. The van der Waals surface area contributed by atoms with Crippen LogP contribution in [0.5, 0.6) is 0 Å². The van der Waals surface area contributed by atoms with Crippen LogP contribution in [0.3, 0.4) is 0 Å². The smallest absolute Gasteiger partial charge is 0.228 e. The molecule has 1 saturated heterocycles. The quantitative estimate of drug-likeness (QED) is 0.885. The van der Waals surface area contributed by atoms with Gasteiger partial charge in [0.25, 0.3) is 0 Å². The van der Waals surface area contributed by atoms with E-state index >= 15 is 0 Å². The first kappa shape index (κ1) is 16.6. The Morgan fingerprint density at radius 1 is 1.20 bits per heavy atom. The first-order valence-electron chi connectivity index (χ1n) is 9.51. The molecule has 25 heavy (non-hydrogen) atoms. The lowest BCUT2D eigenvalue weighted by atomic mass is 9.80. The number of hydrogen-bond acceptors (Lipinski definition) is 3. The number of aliphatic hydroxyl groups is 1. The number of anilines is 1. The number of carbonyl (C=O) groups is 2. The summed E-state index contributed by atoms with van der Waals surface area (Å²) in [5, 5.41) is 13.2. The maximum absolute atomic E-state index is 12.9. The van der Waals surface area contributed by atoms with Crippen molar-refractivity contribution in [2.75, 3.05) is 11.9 Å². The van der Waals surface area contributed by atoms with Crippen LogP contribution in [0.2, 0.25) is 0 Å². The molecule has 0 unspecified atom stereocenters. The van der Waals surface area contributed by atoms with Crippen LogP contribution in [-0.4, -0.2) is 40.5 Å². The molecule has 1 aromatic rings. The Hall–Kier alpha value is -1.88. The van der Waals surface area contributed by atoms with Crippen LogP contribution in [0.15, 0.2) is 18.2 Å². The molecule has 2 fully saturated rings. The van der Waals surface area contributed by atoms with Crippen molar-refractivity contribution in [2.24, 2.45) is 5.92 Å². The molecule has 2 aliphatic heterocycles. The van der Waals surface area contributed by atoms with Crippen molar-refractivity contribution in [3.63, 3.8) is 0 Å². The maximum atomic E-state index is 12.9. The topological polar surface area (TPSA) is 69.6 Å². The zero-order chi connectivity index (χ0) is 17.4. The van der Waals surface area contributed by atoms with Crippen molar-refractivity contribution in [2.45, 2.75) is 63.5 Å². The van der Waals surface area contributed by atoms with Crippen molar-refractivity contribution in [3.8, 4) is 0 Å². The van der Waals surface area contributed by atoms with Gasteiger partial charge in [-0.2, -0.15) is 0 Å². The zero-order valence-corrected chi connectivity index (χ0v) is 14.5. The molecule has 2 heterocycles. The van der Waals surface area contributed by atoms with Gasteiger partial charge in [-0.25, -0.2) is 0 Å². The molecule has 0 aromatic heterocycles. The number of carbonyl (C=O) groups excluding carboxylic acids is 2. The Morgan fingerprint density at radius 3 is 2.88 bits per heavy atom. The minimum Gasteiger partial charge on any atom is -0.393 e. The summed E-state index contributed by atoms with van der Waals surface area (Å²) in [6, 6.07) is 6.02. The number of amides is 2. The number of nitrogens with one attached hydrogen (secondary N) is 1. The number of rotatable bonds is 3. The molecule has 4 rings (SSSR count). The normalized spacial score (nSPS) is 28.8. The van der Waals surface area contributed by atoms with E-state index in [1.54, 1.807) is 0 Å². The maximum Gasteiger partial charge on any atom is 0.228 e. The van der Waals surface area contributed by atoms with Crippen LogP contribution < -0.4 is 5.32 Å². The van der Waals surface area contributed by atoms with Crippen LogP contribution in [0.25, 0.3) is 0 Å². The Kier molecular flexibility index (Phi) is 4.50. The van der Waals surface area contributed by atoms with Gasteiger partial charge in [0, 0.05) is 24.2 Å². The summed E-state index contributed by atoms with van der Waals surface area (Å²) in [5.74, 6) is 0.397. The van der Waals surface area contributed by atoms with E-state index in [4.69, 9.17) is 0 Å². The average Bonchev–Trinajstić information content (AvgIpc) is 3.20. The Balaban J connectivity index is 1.45. The number of hydrogen-bond donors (Lipinski definition) is 2. The molecule has 2 N–H and O–H groups in total. The van der Waals surface area contributed by atoms with Crippen LogP contribution in [0, 0.1) is 5.92 Å². The Bertz CT molecular complexity index is 688. The van der Waals surface area contributed by atoms with Gasteiger partial charge < -0.3 is 15.3 Å². The van der Waals surface area contributed by atoms with Gasteiger partial charge in [0.2, 0.25) is 11.8 Å². The lowest BCUT2D eigenvalue weighted by Gasteiger charge is -2.37. The van der Waals surface area contributed by atoms with Gasteiger partial charge in [-0.3, -0.25) is 9.59 Å². The van der Waals surface area contributed by atoms with E-state index in [-0.39, 0.29) is 29.9 Å². The fraction of sp³-hybridized carbons (Fsp3) is 0.600. The second-order valence-corrected chi connectivity index (χ2v) is 7.71. The lowest BCUT2D eigenvalue weighted by Crippen LogP contribution is -2.45. The van der Waals surface area contributed by atoms with Crippen LogP contribution in [-0.2, 0) is 22.4 Å². The van der Waals surface area contributed by atoms with Gasteiger partial charge in [-0.1, -0.05) is 25.0 Å². The van der Waals surface area contributed by atoms with Crippen molar-refractivity contribution in [1.82, 2.24) is 4.90 Å². The number of benzene rings is 1. The predicted molar refractivity (Wildman–Crippen MR) is 95.2 cm³/mol. The van der Waals surface area contributed by atoms with Gasteiger partial charge in [-0.05, 0) is 42.9 Å². The summed E-state index contributed by atoms with van der Waals surface area (Å²) in [6.45, 7) is 0.800. The summed E-state index contributed by atoms with van der Waals surface area (Å²) < 4.78 is 0. The third-order valence-corrected chi connectivity index (χ3v) is 6.05. The van der Waals surface area contributed by atoms with Gasteiger partial charge in [0.15, 0.2) is 0 Å². The van der Waals surface area contributed by atoms with Crippen molar-refractivity contribution < 1.29 is 14.7 Å². The molecule has 3 aliphatic rings. The van der Waals surface area contributed by atoms with Crippen molar-refractivity contribution in [1.29, 1.82) is 0 Å².